The second kappa shape index (κ2) is 7.40. The number of carbonyl (C=O) groups excluding carboxylic acids is 4. The van der Waals surface area contributed by atoms with E-state index in [2.05, 4.69) is 10.5 Å². The van der Waals surface area contributed by atoms with Gasteiger partial charge in [-0.05, 0) is 19.1 Å². The zero-order valence-corrected chi connectivity index (χ0v) is 14.4. The predicted molar refractivity (Wildman–Crippen MR) is 90.2 cm³/mol. The van der Waals surface area contributed by atoms with Gasteiger partial charge >= 0.3 is 5.97 Å². The molecule has 0 fully saturated rings. The number of anilines is 1. The number of imide groups is 1. The number of aryl methyl sites for hydroxylation is 1. The molecule has 0 unspecified atom stereocenters. The molecule has 0 bridgehead atoms. The summed E-state index contributed by atoms with van der Waals surface area (Å²) >= 11 is 0.971. The molecule has 2 aromatic rings. The molecule has 3 amide bonds. The highest BCUT2D eigenvalue weighted by Crippen LogP contribution is 2.22. The maximum Gasteiger partial charge on any atom is 0.343 e. The fourth-order valence-electron chi connectivity index (χ4n) is 2.21. The van der Waals surface area contributed by atoms with Crippen molar-refractivity contribution in [2.75, 3.05) is 16.8 Å². The number of fused-ring (bicyclic) bond motifs is 1. The highest BCUT2D eigenvalue weighted by molar-refractivity contribution is 8.00. The second-order valence-electron chi connectivity index (χ2n) is 5.28. The third-order valence-electron chi connectivity index (χ3n) is 3.30. The van der Waals surface area contributed by atoms with E-state index in [1.165, 1.54) is 12.1 Å². The molecule has 1 aliphatic rings. The molecule has 3 rings (SSSR count). The number of nitrogens with zero attached hydrogens (tertiary/aromatic N) is 2. The number of hydrogen-bond acceptors (Lipinski definition) is 8. The molecule has 134 valence electrons. The Balaban J connectivity index is 1.45. The van der Waals surface area contributed by atoms with E-state index in [1.807, 2.05) is 0 Å². The van der Waals surface area contributed by atoms with Gasteiger partial charge in [0.25, 0.3) is 11.8 Å². The summed E-state index contributed by atoms with van der Waals surface area (Å²) in [5.41, 5.74) is 0.362. The lowest BCUT2D eigenvalue weighted by Gasteiger charge is -2.12. The molecule has 0 radical (unpaired) electrons. The fraction of sp³-hybridized carbons (Fsp3) is 0.188. The van der Waals surface area contributed by atoms with E-state index in [1.54, 1.807) is 25.1 Å². The normalized spacial score (nSPS) is 12.9. The molecule has 9 nitrogen and oxygen atoms in total. The number of aromatic nitrogens is 1. The van der Waals surface area contributed by atoms with Gasteiger partial charge in [0.15, 0.2) is 5.82 Å². The van der Waals surface area contributed by atoms with E-state index in [4.69, 9.17) is 9.36 Å². The van der Waals surface area contributed by atoms with E-state index in [-0.39, 0.29) is 34.4 Å². The predicted octanol–water partition coefficient (Wildman–Crippen LogP) is 1.41. The van der Waals surface area contributed by atoms with E-state index in [9.17, 15) is 19.2 Å². The van der Waals surface area contributed by atoms with Gasteiger partial charge in [0.1, 0.15) is 5.76 Å². The SMILES string of the molecule is Cc1cc(NC(=O)CSCC(=O)ON2C(=O)c3ccccc3C2=O)no1. The molecule has 0 spiro atoms. The number of nitrogens with one attached hydrogen (secondary N) is 1. The maximum absolute atomic E-state index is 12.1. The van der Waals surface area contributed by atoms with E-state index in [0.717, 1.165) is 11.8 Å². The van der Waals surface area contributed by atoms with Crippen LogP contribution in [0.15, 0.2) is 34.9 Å². The van der Waals surface area contributed by atoms with Crippen molar-refractivity contribution >= 4 is 41.3 Å². The Morgan fingerprint density at radius 3 is 2.42 bits per heavy atom. The van der Waals surface area contributed by atoms with Crippen LogP contribution >= 0.6 is 11.8 Å². The Labute approximate surface area is 151 Å². The van der Waals surface area contributed by atoms with Crippen LogP contribution in [0.1, 0.15) is 26.5 Å². The van der Waals surface area contributed by atoms with Crippen molar-refractivity contribution < 1.29 is 28.5 Å². The van der Waals surface area contributed by atoms with Gasteiger partial charge in [-0.25, -0.2) is 4.79 Å². The maximum atomic E-state index is 12.1. The number of benzene rings is 1. The van der Waals surface area contributed by atoms with Gasteiger partial charge < -0.3 is 14.7 Å². The van der Waals surface area contributed by atoms with E-state index < -0.39 is 17.8 Å². The number of hydroxylamine groups is 2. The zero-order chi connectivity index (χ0) is 18.7. The summed E-state index contributed by atoms with van der Waals surface area (Å²) in [6.45, 7) is 1.69. The largest absolute Gasteiger partial charge is 0.360 e. The molecule has 1 aliphatic heterocycles. The molecule has 0 aliphatic carbocycles. The highest BCUT2D eigenvalue weighted by Gasteiger charge is 2.38. The number of amides is 3. The quantitative estimate of drug-likeness (QED) is 0.753. The lowest BCUT2D eigenvalue weighted by Crippen LogP contribution is -2.33. The van der Waals surface area contributed by atoms with Crippen LogP contribution in [-0.2, 0) is 14.4 Å². The molecule has 2 heterocycles. The van der Waals surface area contributed by atoms with Crippen LogP contribution in [0.4, 0.5) is 5.82 Å². The third-order valence-corrected chi connectivity index (χ3v) is 4.20. The Bertz CT molecular complexity index is 859. The van der Waals surface area contributed by atoms with Crippen LogP contribution < -0.4 is 5.32 Å². The average molecular weight is 375 g/mol. The van der Waals surface area contributed by atoms with Crippen LogP contribution in [0.3, 0.4) is 0 Å². The highest BCUT2D eigenvalue weighted by atomic mass is 32.2. The van der Waals surface area contributed by atoms with E-state index in [0.29, 0.717) is 10.8 Å². The van der Waals surface area contributed by atoms with Gasteiger partial charge in [-0.2, -0.15) is 0 Å². The third kappa shape index (κ3) is 3.75. The number of thioether (sulfide) groups is 1. The summed E-state index contributed by atoms with van der Waals surface area (Å²) in [6, 6.07) is 7.74. The minimum absolute atomic E-state index is 0.0386. The van der Waals surface area contributed by atoms with Crippen LogP contribution in [0.2, 0.25) is 0 Å². The topological polar surface area (TPSA) is 119 Å². The molecular weight excluding hydrogens is 362 g/mol. The van der Waals surface area contributed by atoms with Crippen molar-refractivity contribution in [3.05, 3.63) is 47.2 Å². The van der Waals surface area contributed by atoms with Crippen molar-refractivity contribution in [1.29, 1.82) is 0 Å². The Morgan fingerprint density at radius 1 is 1.19 bits per heavy atom. The Hall–Kier alpha value is -3.14. The first-order valence-electron chi connectivity index (χ1n) is 7.45. The fourth-order valence-corrected chi connectivity index (χ4v) is 2.79. The summed E-state index contributed by atoms with van der Waals surface area (Å²) in [5.74, 6) is -1.99. The standard InChI is InChI=1S/C16H13N3O6S/c1-9-6-12(18-24-9)17-13(20)7-26-8-14(21)25-19-15(22)10-4-2-3-5-11(10)16(19)23/h2-6H,7-8H2,1H3,(H,17,18,20). The minimum atomic E-state index is -0.811. The number of rotatable bonds is 6. The summed E-state index contributed by atoms with van der Waals surface area (Å²) in [6.07, 6.45) is 0. The summed E-state index contributed by atoms with van der Waals surface area (Å²) in [7, 11) is 0. The van der Waals surface area contributed by atoms with Crippen LogP contribution in [0, 0.1) is 6.92 Å². The van der Waals surface area contributed by atoms with Gasteiger partial charge in [0, 0.05) is 6.07 Å². The van der Waals surface area contributed by atoms with Crippen molar-refractivity contribution in [3.8, 4) is 0 Å². The number of carbonyl (C=O) groups is 4. The first-order valence-corrected chi connectivity index (χ1v) is 8.60. The van der Waals surface area contributed by atoms with Gasteiger partial charge in [-0.15, -0.1) is 11.8 Å². The molecule has 0 saturated heterocycles. The first-order chi connectivity index (χ1) is 12.5. The minimum Gasteiger partial charge on any atom is -0.360 e. The Kier molecular flexibility index (Phi) is 5.03. The lowest BCUT2D eigenvalue weighted by molar-refractivity contribution is -0.165. The summed E-state index contributed by atoms with van der Waals surface area (Å²) < 4.78 is 4.81. The summed E-state index contributed by atoms with van der Waals surface area (Å²) in [5, 5.41) is 6.55. The molecular formula is C16H13N3O6S. The molecule has 1 aromatic heterocycles. The molecule has 0 saturated carbocycles. The molecule has 26 heavy (non-hydrogen) atoms. The Morgan fingerprint density at radius 2 is 1.85 bits per heavy atom. The average Bonchev–Trinajstić information content (AvgIpc) is 3.12. The second-order valence-corrected chi connectivity index (χ2v) is 6.26. The molecule has 1 N–H and O–H groups in total. The molecule has 0 atom stereocenters. The van der Waals surface area contributed by atoms with Crippen LogP contribution in [0.5, 0.6) is 0 Å². The van der Waals surface area contributed by atoms with Crippen molar-refractivity contribution in [3.63, 3.8) is 0 Å². The van der Waals surface area contributed by atoms with Crippen molar-refractivity contribution in [2.24, 2.45) is 0 Å². The number of hydrogen-bond donors (Lipinski definition) is 1. The smallest absolute Gasteiger partial charge is 0.343 e. The van der Waals surface area contributed by atoms with Gasteiger partial charge in [-0.3, -0.25) is 14.4 Å². The first kappa shape index (κ1) is 17.7. The lowest BCUT2D eigenvalue weighted by atomic mass is 10.1. The molecule has 10 heteroatoms. The zero-order valence-electron chi connectivity index (χ0n) is 13.6. The van der Waals surface area contributed by atoms with Crippen molar-refractivity contribution in [1.82, 2.24) is 10.2 Å². The van der Waals surface area contributed by atoms with Gasteiger partial charge in [-0.1, -0.05) is 22.4 Å². The summed E-state index contributed by atoms with van der Waals surface area (Å²) in [4.78, 5) is 52.5. The van der Waals surface area contributed by atoms with E-state index >= 15 is 0 Å². The van der Waals surface area contributed by atoms with Crippen LogP contribution in [-0.4, -0.2) is 45.4 Å². The van der Waals surface area contributed by atoms with Gasteiger partial charge in [0.05, 0.1) is 22.6 Å². The van der Waals surface area contributed by atoms with Gasteiger partial charge in [0.2, 0.25) is 5.91 Å². The monoisotopic (exact) mass is 375 g/mol. The van der Waals surface area contributed by atoms with Crippen molar-refractivity contribution in [2.45, 2.75) is 6.92 Å². The van der Waals surface area contributed by atoms with Crippen LogP contribution in [0.25, 0.3) is 0 Å². The molecule has 1 aromatic carbocycles.